The van der Waals surface area contributed by atoms with E-state index in [1.54, 1.807) is 0 Å². The quantitative estimate of drug-likeness (QED) is 0.687. The van der Waals surface area contributed by atoms with Crippen LogP contribution in [-0.2, 0) is 0 Å². The van der Waals surface area contributed by atoms with Crippen LogP contribution in [-0.4, -0.2) is 57.3 Å². The van der Waals surface area contributed by atoms with Crippen molar-refractivity contribution in [1.82, 2.24) is 10.6 Å². The number of hydrogen-bond donors (Lipinski definition) is 2. The van der Waals surface area contributed by atoms with Gasteiger partial charge >= 0.3 is 0 Å². The highest BCUT2D eigenvalue weighted by Gasteiger charge is 2.49. The van der Waals surface area contributed by atoms with E-state index < -0.39 is 0 Å². The molecule has 4 aliphatic heterocycles. The van der Waals surface area contributed by atoms with E-state index in [2.05, 4.69) is 57.7 Å². The van der Waals surface area contributed by atoms with E-state index in [9.17, 15) is 0 Å². The van der Waals surface area contributed by atoms with Crippen LogP contribution < -0.4 is 10.6 Å². The zero-order valence-corrected chi connectivity index (χ0v) is 15.9. The lowest BCUT2D eigenvalue weighted by atomic mass is 9.99. The fraction of sp³-hybridized carbons (Fsp3) is 1.00. The summed E-state index contributed by atoms with van der Waals surface area (Å²) in [7, 11) is 0. The molecular formula is C15H26N2S4. The Morgan fingerprint density at radius 1 is 0.524 bits per heavy atom. The molecule has 2 N–H and O–H groups in total. The van der Waals surface area contributed by atoms with Crippen LogP contribution in [0.4, 0.5) is 0 Å². The van der Waals surface area contributed by atoms with Gasteiger partial charge in [-0.3, -0.25) is 0 Å². The highest BCUT2D eigenvalue weighted by Crippen LogP contribution is 2.60. The summed E-state index contributed by atoms with van der Waals surface area (Å²) in [4.78, 5) is 0. The first-order chi connectivity index (χ1) is 10.2. The maximum Gasteiger partial charge on any atom is 0.0635 e. The van der Waals surface area contributed by atoms with Gasteiger partial charge in [-0.1, -0.05) is 0 Å². The standard InChI is InChI=1S/C15H26N2S4/c1-5-16-6-2-14(1)18-9-13(10-19-14)11-20-15(21-12-13)3-7-17-8-4-15/h16-17H,1-12H2. The smallest absolute Gasteiger partial charge is 0.0635 e. The second kappa shape index (κ2) is 6.32. The Bertz CT molecular complexity index is 318. The average molecular weight is 363 g/mol. The molecule has 0 aliphatic carbocycles. The molecule has 2 nitrogen and oxygen atoms in total. The van der Waals surface area contributed by atoms with Crippen LogP contribution in [0.25, 0.3) is 0 Å². The molecule has 4 heterocycles. The van der Waals surface area contributed by atoms with Crippen molar-refractivity contribution >= 4 is 47.0 Å². The maximum absolute atomic E-state index is 3.53. The van der Waals surface area contributed by atoms with Crippen molar-refractivity contribution < 1.29 is 0 Å². The van der Waals surface area contributed by atoms with Crippen molar-refractivity contribution in [3.05, 3.63) is 0 Å². The van der Waals surface area contributed by atoms with Crippen LogP contribution in [0.1, 0.15) is 25.7 Å². The van der Waals surface area contributed by atoms with Crippen molar-refractivity contribution in [3.63, 3.8) is 0 Å². The number of rotatable bonds is 0. The minimum Gasteiger partial charge on any atom is -0.317 e. The summed E-state index contributed by atoms with van der Waals surface area (Å²) in [6.07, 6.45) is 5.48. The van der Waals surface area contributed by atoms with Crippen LogP contribution >= 0.6 is 47.0 Å². The first-order valence-electron chi connectivity index (χ1n) is 8.21. The molecule has 21 heavy (non-hydrogen) atoms. The molecular weight excluding hydrogens is 336 g/mol. The summed E-state index contributed by atoms with van der Waals surface area (Å²) >= 11 is 9.24. The van der Waals surface area contributed by atoms with Gasteiger partial charge in [0.05, 0.1) is 8.16 Å². The minimum atomic E-state index is 0.565. The largest absolute Gasteiger partial charge is 0.317 e. The average Bonchev–Trinajstić information content (AvgIpc) is 2.56. The Morgan fingerprint density at radius 2 is 0.857 bits per heavy atom. The Kier molecular flexibility index (Phi) is 4.76. The predicted octanol–water partition coefficient (Wildman–Crippen LogP) is 3.09. The SMILES string of the molecule is C1CC2(CCN1)SCC1(CS2)CSC2(CCNCC2)SC1. The van der Waals surface area contributed by atoms with Gasteiger partial charge in [-0.2, -0.15) is 0 Å². The fourth-order valence-electron chi connectivity index (χ4n) is 3.66. The molecule has 4 aliphatic rings. The van der Waals surface area contributed by atoms with Crippen molar-refractivity contribution in [2.45, 2.75) is 33.8 Å². The third-order valence-corrected chi connectivity index (χ3v) is 13.5. The van der Waals surface area contributed by atoms with E-state index in [4.69, 9.17) is 0 Å². The highest BCUT2D eigenvalue weighted by molar-refractivity contribution is 8.20. The summed E-state index contributed by atoms with van der Waals surface area (Å²) in [5.41, 5.74) is 0.622. The molecule has 4 rings (SSSR count). The lowest BCUT2D eigenvalue weighted by molar-refractivity contribution is 0.455. The summed E-state index contributed by atoms with van der Waals surface area (Å²) in [6.45, 7) is 4.92. The van der Waals surface area contributed by atoms with E-state index in [1.807, 2.05) is 0 Å². The first kappa shape index (κ1) is 15.8. The molecule has 4 saturated heterocycles. The molecule has 3 spiro atoms. The summed E-state index contributed by atoms with van der Waals surface area (Å²) in [6, 6.07) is 0. The molecule has 0 saturated carbocycles. The summed E-state index contributed by atoms with van der Waals surface area (Å²) < 4.78 is 1.13. The third-order valence-electron chi connectivity index (χ3n) is 5.30. The summed E-state index contributed by atoms with van der Waals surface area (Å²) in [5, 5.41) is 7.05. The number of nitrogens with one attached hydrogen (secondary N) is 2. The summed E-state index contributed by atoms with van der Waals surface area (Å²) in [5.74, 6) is 5.64. The molecule has 120 valence electrons. The Morgan fingerprint density at radius 3 is 1.19 bits per heavy atom. The van der Waals surface area contributed by atoms with Crippen LogP contribution in [0, 0.1) is 5.41 Å². The van der Waals surface area contributed by atoms with Gasteiger partial charge in [0.1, 0.15) is 0 Å². The van der Waals surface area contributed by atoms with E-state index in [1.165, 1.54) is 74.9 Å². The predicted molar refractivity (Wildman–Crippen MR) is 102 cm³/mol. The van der Waals surface area contributed by atoms with Crippen molar-refractivity contribution in [2.24, 2.45) is 5.41 Å². The number of thioether (sulfide) groups is 4. The number of hydrogen-bond acceptors (Lipinski definition) is 6. The van der Waals surface area contributed by atoms with Crippen LogP contribution in [0.5, 0.6) is 0 Å². The zero-order chi connectivity index (χ0) is 14.2. The Labute approximate surface area is 145 Å². The van der Waals surface area contributed by atoms with Crippen LogP contribution in [0.15, 0.2) is 0 Å². The molecule has 6 heteroatoms. The Hall–Kier alpha value is 1.32. The molecule has 0 unspecified atom stereocenters. The van der Waals surface area contributed by atoms with Gasteiger partial charge in [0.15, 0.2) is 0 Å². The van der Waals surface area contributed by atoms with Gasteiger partial charge in [-0.25, -0.2) is 0 Å². The van der Waals surface area contributed by atoms with Gasteiger partial charge in [-0.15, -0.1) is 47.0 Å². The Balaban J connectivity index is 1.35. The molecule has 0 aromatic heterocycles. The molecule has 0 atom stereocenters. The van der Waals surface area contributed by atoms with Crippen LogP contribution in [0.3, 0.4) is 0 Å². The van der Waals surface area contributed by atoms with Gasteiger partial charge in [-0.05, 0) is 51.9 Å². The lowest BCUT2D eigenvalue weighted by Crippen LogP contribution is -2.50. The second-order valence-electron chi connectivity index (χ2n) is 6.98. The zero-order valence-electron chi connectivity index (χ0n) is 12.6. The molecule has 0 radical (unpaired) electrons. The van der Waals surface area contributed by atoms with Gasteiger partial charge in [0.2, 0.25) is 0 Å². The number of piperidine rings is 2. The van der Waals surface area contributed by atoms with E-state index in [0.29, 0.717) is 13.6 Å². The molecule has 4 fully saturated rings. The van der Waals surface area contributed by atoms with Crippen molar-refractivity contribution in [2.75, 3.05) is 49.2 Å². The highest BCUT2D eigenvalue weighted by atomic mass is 32.2. The van der Waals surface area contributed by atoms with Gasteiger partial charge in [0, 0.05) is 28.4 Å². The van der Waals surface area contributed by atoms with Crippen molar-refractivity contribution in [1.29, 1.82) is 0 Å². The fourth-order valence-corrected chi connectivity index (χ4v) is 11.3. The van der Waals surface area contributed by atoms with Crippen molar-refractivity contribution in [3.8, 4) is 0 Å². The van der Waals surface area contributed by atoms with Gasteiger partial charge in [0.25, 0.3) is 0 Å². The van der Waals surface area contributed by atoms with E-state index >= 15 is 0 Å². The van der Waals surface area contributed by atoms with E-state index in [-0.39, 0.29) is 0 Å². The van der Waals surface area contributed by atoms with Gasteiger partial charge < -0.3 is 10.6 Å². The maximum atomic E-state index is 3.53. The molecule has 0 aromatic rings. The second-order valence-corrected chi connectivity index (χ2v) is 12.9. The normalized spacial score (nSPS) is 34.3. The van der Waals surface area contributed by atoms with E-state index in [0.717, 1.165) is 0 Å². The topological polar surface area (TPSA) is 24.1 Å². The molecule has 0 bridgehead atoms. The first-order valence-corrected chi connectivity index (χ1v) is 12.2. The minimum absolute atomic E-state index is 0.565. The molecule has 0 aromatic carbocycles. The molecule has 0 amide bonds. The third kappa shape index (κ3) is 3.27. The lowest BCUT2D eigenvalue weighted by Gasteiger charge is -2.52. The monoisotopic (exact) mass is 362 g/mol. The van der Waals surface area contributed by atoms with Crippen LogP contribution in [0.2, 0.25) is 0 Å².